The first-order chi connectivity index (χ1) is 4.63. The monoisotopic (exact) mass is 144 g/mol. The number of carboxylic acid groups (broad SMARTS) is 1. The number of hydrogen-bond donors (Lipinski definition) is 2. The molecule has 0 atom stereocenters. The maximum Gasteiger partial charge on any atom is 0.370 e. The van der Waals surface area contributed by atoms with Gasteiger partial charge in [-0.1, -0.05) is 13.8 Å². The van der Waals surface area contributed by atoms with E-state index >= 15 is 0 Å². The summed E-state index contributed by atoms with van der Waals surface area (Å²) in [5.41, 5.74) is 0.590. The molecule has 0 unspecified atom stereocenters. The number of carboxylic acids is 1. The predicted octanol–water partition coefficient (Wildman–Crippen LogP) is 1.70. The highest BCUT2D eigenvalue weighted by molar-refractivity contribution is 5.84. The van der Waals surface area contributed by atoms with Crippen LogP contribution in [-0.2, 0) is 4.79 Å². The lowest BCUT2D eigenvalue weighted by atomic mass is 10.1. The molecule has 0 rings (SSSR count). The summed E-state index contributed by atoms with van der Waals surface area (Å²) in [6.45, 7) is 3.63. The van der Waals surface area contributed by atoms with E-state index in [4.69, 9.17) is 10.2 Å². The van der Waals surface area contributed by atoms with Gasteiger partial charge in [-0.05, 0) is 18.4 Å². The lowest BCUT2D eigenvalue weighted by Gasteiger charge is -2.00. The standard InChI is InChI=1S/C7H12O3/c1-3-5(4-2)6(8)7(9)10/h8H,3-4H2,1-2H3,(H,9,10). The summed E-state index contributed by atoms with van der Waals surface area (Å²) in [4.78, 5) is 10.2. The molecule has 0 fully saturated rings. The number of hydrogen-bond acceptors (Lipinski definition) is 2. The van der Waals surface area contributed by atoms with Crippen molar-refractivity contribution in [1.29, 1.82) is 0 Å². The molecule has 10 heavy (non-hydrogen) atoms. The average Bonchev–Trinajstić information content (AvgIpc) is 1.90. The summed E-state index contributed by atoms with van der Waals surface area (Å²) in [6.07, 6.45) is 1.18. The van der Waals surface area contributed by atoms with Gasteiger partial charge in [0, 0.05) is 0 Å². The quantitative estimate of drug-likeness (QED) is 0.468. The normalized spacial score (nSPS) is 9.00. The van der Waals surface area contributed by atoms with Gasteiger partial charge in [0.2, 0.25) is 5.76 Å². The van der Waals surface area contributed by atoms with Crippen molar-refractivity contribution in [2.45, 2.75) is 26.7 Å². The smallest absolute Gasteiger partial charge is 0.370 e. The Morgan fingerprint density at radius 1 is 1.20 bits per heavy atom. The molecule has 0 saturated heterocycles. The molecule has 0 radical (unpaired) electrons. The van der Waals surface area contributed by atoms with Gasteiger partial charge >= 0.3 is 5.97 Å². The van der Waals surface area contributed by atoms with Gasteiger partial charge in [-0.2, -0.15) is 0 Å². The van der Waals surface area contributed by atoms with Gasteiger partial charge in [0.05, 0.1) is 0 Å². The van der Waals surface area contributed by atoms with Crippen molar-refractivity contribution in [3.05, 3.63) is 11.3 Å². The van der Waals surface area contributed by atoms with Crippen molar-refractivity contribution in [2.24, 2.45) is 0 Å². The number of aliphatic carboxylic acids is 1. The largest absolute Gasteiger partial charge is 0.502 e. The van der Waals surface area contributed by atoms with E-state index in [9.17, 15) is 4.79 Å². The number of allylic oxidation sites excluding steroid dienone is 1. The fraction of sp³-hybridized carbons (Fsp3) is 0.571. The van der Waals surface area contributed by atoms with Crippen LogP contribution in [0.25, 0.3) is 0 Å². The first-order valence-electron chi connectivity index (χ1n) is 3.27. The second-order valence-corrected chi connectivity index (χ2v) is 1.96. The summed E-state index contributed by atoms with van der Waals surface area (Å²) < 4.78 is 0. The zero-order valence-corrected chi connectivity index (χ0v) is 6.22. The van der Waals surface area contributed by atoms with Crippen molar-refractivity contribution in [2.75, 3.05) is 0 Å². The fourth-order valence-electron chi connectivity index (χ4n) is 0.736. The highest BCUT2D eigenvalue weighted by Crippen LogP contribution is 2.09. The van der Waals surface area contributed by atoms with Crippen LogP contribution in [0.5, 0.6) is 0 Å². The molecule has 0 amide bonds. The Kier molecular flexibility index (Phi) is 3.54. The molecule has 0 aliphatic heterocycles. The molecule has 0 aromatic rings. The van der Waals surface area contributed by atoms with E-state index in [1.165, 1.54) is 0 Å². The highest BCUT2D eigenvalue weighted by atomic mass is 16.4. The molecular weight excluding hydrogens is 132 g/mol. The van der Waals surface area contributed by atoms with Crippen LogP contribution >= 0.6 is 0 Å². The average molecular weight is 144 g/mol. The van der Waals surface area contributed by atoms with Gasteiger partial charge in [0.15, 0.2) is 0 Å². The third kappa shape index (κ3) is 2.09. The summed E-state index contributed by atoms with van der Waals surface area (Å²) >= 11 is 0. The van der Waals surface area contributed by atoms with Crippen LogP contribution in [0.2, 0.25) is 0 Å². The Hall–Kier alpha value is -0.990. The van der Waals surface area contributed by atoms with Crippen LogP contribution in [0.3, 0.4) is 0 Å². The molecule has 0 bridgehead atoms. The maximum absolute atomic E-state index is 10.2. The van der Waals surface area contributed by atoms with Crippen LogP contribution in [0, 0.1) is 0 Å². The van der Waals surface area contributed by atoms with Gasteiger partial charge in [-0.3, -0.25) is 0 Å². The van der Waals surface area contributed by atoms with E-state index in [1.54, 1.807) is 0 Å². The molecule has 0 spiro atoms. The molecule has 2 N–H and O–H groups in total. The minimum absolute atomic E-state index is 0.495. The number of aliphatic hydroxyl groups excluding tert-OH is 1. The molecule has 58 valence electrons. The van der Waals surface area contributed by atoms with Crippen LogP contribution in [-0.4, -0.2) is 16.2 Å². The Labute approximate surface area is 60.0 Å². The van der Waals surface area contributed by atoms with Gasteiger partial charge in [-0.25, -0.2) is 4.79 Å². The predicted molar refractivity (Wildman–Crippen MR) is 37.9 cm³/mol. The molecule has 0 aromatic carbocycles. The number of carbonyl (C=O) groups is 1. The van der Waals surface area contributed by atoms with E-state index < -0.39 is 11.7 Å². The van der Waals surface area contributed by atoms with E-state index in [2.05, 4.69) is 0 Å². The van der Waals surface area contributed by atoms with Gasteiger partial charge in [0.1, 0.15) is 0 Å². The van der Waals surface area contributed by atoms with E-state index in [1.807, 2.05) is 13.8 Å². The van der Waals surface area contributed by atoms with E-state index in [-0.39, 0.29) is 0 Å². The van der Waals surface area contributed by atoms with Crippen molar-refractivity contribution >= 4 is 5.97 Å². The van der Waals surface area contributed by atoms with Crippen molar-refractivity contribution < 1.29 is 15.0 Å². The molecule has 0 aromatic heterocycles. The molecule has 3 heteroatoms. The summed E-state index contributed by atoms with van der Waals surface area (Å²) in [6, 6.07) is 0. The Bertz CT molecular complexity index is 152. The second-order valence-electron chi connectivity index (χ2n) is 1.96. The van der Waals surface area contributed by atoms with Crippen molar-refractivity contribution in [3.63, 3.8) is 0 Å². The van der Waals surface area contributed by atoms with Crippen LogP contribution < -0.4 is 0 Å². The zero-order valence-electron chi connectivity index (χ0n) is 6.22. The maximum atomic E-state index is 10.2. The lowest BCUT2D eigenvalue weighted by Crippen LogP contribution is -2.02. The van der Waals surface area contributed by atoms with E-state index in [0.29, 0.717) is 18.4 Å². The van der Waals surface area contributed by atoms with Crippen molar-refractivity contribution in [1.82, 2.24) is 0 Å². The molecule has 0 heterocycles. The first-order valence-corrected chi connectivity index (χ1v) is 3.27. The first kappa shape index (κ1) is 9.01. The van der Waals surface area contributed by atoms with Crippen LogP contribution in [0.15, 0.2) is 11.3 Å². The Morgan fingerprint density at radius 3 is 1.70 bits per heavy atom. The minimum atomic E-state index is -1.24. The van der Waals surface area contributed by atoms with Crippen molar-refractivity contribution in [3.8, 4) is 0 Å². The Morgan fingerprint density at radius 2 is 1.60 bits per heavy atom. The summed E-state index contributed by atoms with van der Waals surface area (Å²) in [7, 11) is 0. The summed E-state index contributed by atoms with van der Waals surface area (Å²) in [5, 5.41) is 17.2. The molecular formula is C7H12O3. The van der Waals surface area contributed by atoms with E-state index in [0.717, 1.165) is 0 Å². The Balaban J connectivity index is 4.43. The second kappa shape index (κ2) is 3.93. The zero-order chi connectivity index (χ0) is 8.15. The van der Waals surface area contributed by atoms with Gasteiger partial charge in [0.25, 0.3) is 0 Å². The third-order valence-electron chi connectivity index (χ3n) is 1.39. The van der Waals surface area contributed by atoms with Crippen LogP contribution in [0.4, 0.5) is 0 Å². The molecule has 0 aliphatic rings. The topological polar surface area (TPSA) is 57.5 Å². The SMILES string of the molecule is CCC(CC)=C(O)C(=O)O. The lowest BCUT2D eigenvalue weighted by molar-refractivity contribution is -0.135. The molecule has 3 nitrogen and oxygen atoms in total. The minimum Gasteiger partial charge on any atom is -0.502 e. The summed E-state index contributed by atoms with van der Waals surface area (Å²) in [5.74, 6) is -1.73. The number of rotatable bonds is 3. The highest BCUT2D eigenvalue weighted by Gasteiger charge is 2.08. The molecule has 0 aliphatic carbocycles. The van der Waals surface area contributed by atoms with Crippen LogP contribution in [0.1, 0.15) is 26.7 Å². The van der Waals surface area contributed by atoms with Gasteiger partial charge < -0.3 is 10.2 Å². The number of aliphatic hydroxyl groups is 1. The third-order valence-corrected chi connectivity index (χ3v) is 1.39. The molecule has 0 saturated carbocycles. The van der Waals surface area contributed by atoms with Gasteiger partial charge in [-0.15, -0.1) is 0 Å². The fourth-order valence-corrected chi connectivity index (χ4v) is 0.736.